The maximum absolute atomic E-state index is 11.8. The Hall–Kier alpha value is -0.540. The molecule has 1 atom stereocenters. The molecule has 4 heteroatoms. The largest absolute Gasteiger partial charge is 0.336 e. The molecule has 1 unspecified atom stereocenters. The third-order valence-electron chi connectivity index (χ3n) is 2.67. The Morgan fingerprint density at radius 3 is 2.86 bits per heavy atom. The van der Waals surface area contributed by atoms with Crippen molar-refractivity contribution in [3.8, 4) is 0 Å². The number of rotatable bonds is 4. The Bertz CT molecular complexity index is 263. The van der Waals surface area contributed by atoms with E-state index < -0.39 is 0 Å². The van der Waals surface area contributed by atoms with Gasteiger partial charge in [0.1, 0.15) is 0 Å². The SMILES string of the molecule is C=C(Cl)CN1CCC(NC2CC2)C1=O. The number of nitrogens with one attached hydrogen (secondary N) is 1. The molecule has 1 N–H and O–H groups in total. The van der Waals surface area contributed by atoms with Crippen LogP contribution in [0.15, 0.2) is 11.6 Å². The molecule has 0 spiro atoms. The second-order valence-corrected chi connectivity index (χ2v) is 4.59. The molecule has 0 aromatic rings. The lowest BCUT2D eigenvalue weighted by molar-refractivity contribution is -0.129. The molecule has 0 bridgehead atoms. The highest BCUT2D eigenvalue weighted by Gasteiger charge is 2.35. The molecule has 1 aliphatic heterocycles. The summed E-state index contributed by atoms with van der Waals surface area (Å²) in [4.78, 5) is 13.5. The zero-order valence-electron chi connectivity index (χ0n) is 8.13. The quantitative estimate of drug-likeness (QED) is 0.760. The zero-order chi connectivity index (χ0) is 10.1. The van der Waals surface area contributed by atoms with Crippen LogP contribution in [0, 0.1) is 0 Å². The summed E-state index contributed by atoms with van der Waals surface area (Å²) in [6.07, 6.45) is 3.33. The topological polar surface area (TPSA) is 32.3 Å². The van der Waals surface area contributed by atoms with Crippen molar-refractivity contribution in [3.63, 3.8) is 0 Å². The fourth-order valence-electron chi connectivity index (χ4n) is 1.79. The smallest absolute Gasteiger partial charge is 0.240 e. The number of carbonyl (C=O) groups excluding carboxylic acids is 1. The van der Waals surface area contributed by atoms with Gasteiger partial charge in [-0.25, -0.2) is 0 Å². The Morgan fingerprint density at radius 2 is 2.29 bits per heavy atom. The van der Waals surface area contributed by atoms with Crippen molar-refractivity contribution in [1.29, 1.82) is 0 Å². The lowest BCUT2D eigenvalue weighted by Gasteiger charge is -2.15. The van der Waals surface area contributed by atoms with Crippen LogP contribution >= 0.6 is 11.6 Å². The van der Waals surface area contributed by atoms with Crippen molar-refractivity contribution in [3.05, 3.63) is 11.6 Å². The first-order chi connectivity index (χ1) is 6.66. The number of nitrogens with zero attached hydrogens (tertiary/aromatic N) is 1. The molecule has 78 valence electrons. The Balaban J connectivity index is 1.85. The van der Waals surface area contributed by atoms with E-state index in [2.05, 4.69) is 11.9 Å². The summed E-state index contributed by atoms with van der Waals surface area (Å²) in [6.45, 7) is 4.89. The molecule has 0 aromatic heterocycles. The van der Waals surface area contributed by atoms with Gasteiger partial charge in [-0.1, -0.05) is 18.2 Å². The second kappa shape index (κ2) is 3.91. The van der Waals surface area contributed by atoms with Crippen LogP contribution < -0.4 is 5.32 Å². The maximum atomic E-state index is 11.8. The third-order valence-corrected chi connectivity index (χ3v) is 2.79. The molecule has 2 aliphatic rings. The van der Waals surface area contributed by atoms with E-state index in [1.807, 2.05) is 0 Å². The van der Waals surface area contributed by atoms with Gasteiger partial charge >= 0.3 is 0 Å². The third kappa shape index (κ3) is 2.28. The first kappa shape index (κ1) is 9.99. The zero-order valence-corrected chi connectivity index (χ0v) is 8.89. The summed E-state index contributed by atoms with van der Waals surface area (Å²) in [6, 6.07) is 0.613. The average molecular weight is 215 g/mol. The van der Waals surface area contributed by atoms with E-state index in [-0.39, 0.29) is 11.9 Å². The van der Waals surface area contributed by atoms with Gasteiger partial charge in [0, 0.05) is 17.6 Å². The van der Waals surface area contributed by atoms with Gasteiger partial charge in [0.25, 0.3) is 0 Å². The summed E-state index contributed by atoms with van der Waals surface area (Å²) in [7, 11) is 0. The number of amides is 1. The van der Waals surface area contributed by atoms with Gasteiger partial charge in [-0.15, -0.1) is 0 Å². The average Bonchev–Trinajstić information content (AvgIpc) is 2.86. The van der Waals surface area contributed by atoms with Crippen LogP contribution in [-0.2, 0) is 4.79 Å². The summed E-state index contributed by atoms with van der Waals surface area (Å²) in [5.41, 5.74) is 0. The minimum absolute atomic E-state index is 0.0264. The maximum Gasteiger partial charge on any atom is 0.240 e. The van der Waals surface area contributed by atoms with Crippen molar-refractivity contribution in [2.75, 3.05) is 13.1 Å². The van der Waals surface area contributed by atoms with E-state index in [0.29, 0.717) is 17.6 Å². The van der Waals surface area contributed by atoms with Crippen LogP contribution in [0.1, 0.15) is 19.3 Å². The molecular weight excluding hydrogens is 200 g/mol. The first-order valence-electron chi connectivity index (χ1n) is 5.05. The minimum Gasteiger partial charge on any atom is -0.336 e. The van der Waals surface area contributed by atoms with E-state index in [4.69, 9.17) is 11.6 Å². The highest BCUT2D eigenvalue weighted by atomic mass is 35.5. The van der Waals surface area contributed by atoms with Gasteiger partial charge in [0.15, 0.2) is 0 Å². The van der Waals surface area contributed by atoms with Crippen molar-refractivity contribution in [2.45, 2.75) is 31.3 Å². The van der Waals surface area contributed by atoms with Crippen molar-refractivity contribution in [1.82, 2.24) is 10.2 Å². The van der Waals surface area contributed by atoms with Crippen LogP contribution in [0.3, 0.4) is 0 Å². The molecule has 0 radical (unpaired) electrons. The van der Waals surface area contributed by atoms with Crippen molar-refractivity contribution >= 4 is 17.5 Å². The monoisotopic (exact) mass is 214 g/mol. The molecule has 1 heterocycles. The lowest BCUT2D eigenvalue weighted by Crippen LogP contribution is -2.39. The number of carbonyl (C=O) groups is 1. The fraction of sp³-hybridized carbons (Fsp3) is 0.700. The van der Waals surface area contributed by atoms with E-state index >= 15 is 0 Å². The molecular formula is C10H15ClN2O. The van der Waals surface area contributed by atoms with Gasteiger partial charge in [-0.3, -0.25) is 4.79 Å². The van der Waals surface area contributed by atoms with E-state index in [9.17, 15) is 4.79 Å². The van der Waals surface area contributed by atoms with Crippen LogP contribution in [0.2, 0.25) is 0 Å². The molecule has 2 fully saturated rings. The summed E-state index contributed by atoms with van der Waals surface area (Å²) < 4.78 is 0. The van der Waals surface area contributed by atoms with Gasteiger partial charge in [-0.2, -0.15) is 0 Å². The van der Waals surface area contributed by atoms with Crippen LogP contribution in [0.25, 0.3) is 0 Å². The predicted molar refractivity (Wildman–Crippen MR) is 56.1 cm³/mol. The molecule has 0 aromatic carbocycles. The van der Waals surface area contributed by atoms with Crippen LogP contribution in [0.4, 0.5) is 0 Å². The lowest BCUT2D eigenvalue weighted by atomic mass is 10.2. The predicted octanol–water partition coefficient (Wildman–Crippen LogP) is 1.09. The normalized spacial score (nSPS) is 27.1. The second-order valence-electron chi connectivity index (χ2n) is 4.06. The van der Waals surface area contributed by atoms with Gasteiger partial charge in [-0.05, 0) is 19.3 Å². The first-order valence-corrected chi connectivity index (χ1v) is 5.43. The molecule has 3 nitrogen and oxygen atoms in total. The highest BCUT2D eigenvalue weighted by molar-refractivity contribution is 6.29. The molecule has 1 saturated heterocycles. The summed E-state index contributed by atoms with van der Waals surface area (Å²) in [5.74, 6) is 0.179. The van der Waals surface area contributed by atoms with E-state index in [1.165, 1.54) is 12.8 Å². The van der Waals surface area contributed by atoms with E-state index in [0.717, 1.165) is 13.0 Å². The van der Waals surface area contributed by atoms with Gasteiger partial charge < -0.3 is 10.2 Å². The molecule has 2 rings (SSSR count). The highest BCUT2D eigenvalue weighted by Crippen LogP contribution is 2.22. The van der Waals surface area contributed by atoms with Gasteiger partial charge in [0.2, 0.25) is 5.91 Å². The standard InChI is InChI=1S/C10H15ClN2O/c1-7(11)6-13-5-4-9(10(13)14)12-8-2-3-8/h8-9,12H,1-6H2. The molecule has 1 saturated carbocycles. The molecule has 14 heavy (non-hydrogen) atoms. The van der Waals surface area contributed by atoms with E-state index in [1.54, 1.807) is 4.90 Å². The fourth-order valence-corrected chi connectivity index (χ4v) is 1.94. The molecule has 1 amide bonds. The van der Waals surface area contributed by atoms with Crippen molar-refractivity contribution < 1.29 is 4.79 Å². The van der Waals surface area contributed by atoms with Crippen LogP contribution in [0.5, 0.6) is 0 Å². The van der Waals surface area contributed by atoms with Crippen molar-refractivity contribution in [2.24, 2.45) is 0 Å². The van der Waals surface area contributed by atoms with Crippen LogP contribution in [-0.4, -0.2) is 36.0 Å². The number of hydrogen-bond acceptors (Lipinski definition) is 2. The summed E-state index contributed by atoms with van der Waals surface area (Å²) in [5, 5.41) is 3.87. The molecule has 1 aliphatic carbocycles. The number of hydrogen-bond donors (Lipinski definition) is 1. The Labute approximate surface area is 89.1 Å². The Morgan fingerprint density at radius 1 is 1.57 bits per heavy atom. The number of halogens is 1. The Kier molecular flexibility index (Phi) is 2.79. The minimum atomic E-state index is 0.0264. The number of likely N-dealkylation sites (tertiary alicyclic amines) is 1. The van der Waals surface area contributed by atoms with Gasteiger partial charge in [0.05, 0.1) is 12.6 Å². The summed E-state index contributed by atoms with van der Waals surface area (Å²) >= 11 is 5.68.